The molecule has 1 fully saturated rings. The van der Waals surface area contributed by atoms with Crippen molar-refractivity contribution < 1.29 is 36.6 Å². The van der Waals surface area contributed by atoms with Crippen LogP contribution in [0, 0.1) is 5.82 Å². The summed E-state index contributed by atoms with van der Waals surface area (Å²) in [4.78, 5) is 25.8. The van der Waals surface area contributed by atoms with Crippen molar-refractivity contribution in [2.75, 3.05) is 26.3 Å². The number of nitrogens with two attached hydrogens (primary N) is 1. The lowest BCUT2D eigenvalue weighted by Gasteiger charge is -2.42. The van der Waals surface area contributed by atoms with E-state index >= 15 is 0 Å². The molecule has 2 amide bonds. The summed E-state index contributed by atoms with van der Waals surface area (Å²) in [5.41, 5.74) is 3.32. The molecule has 2 aromatic rings. The Balaban J connectivity index is 1.75. The molecule has 0 spiro atoms. The van der Waals surface area contributed by atoms with Crippen molar-refractivity contribution in [2.24, 2.45) is 5.73 Å². The van der Waals surface area contributed by atoms with E-state index in [1.165, 1.54) is 29.2 Å². The molecule has 1 aliphatic heterocycles. The topological polar surface area (TPSA) is 81.9 Å². The van der Waals surface area contributed by atoms with Gasteiger partial charge in [-0.1, -0.05) is 0 Å². The molecule has 10 heteroatoms. The molecule has 0 unspecified atom stereocenters. The van der Waals surface area contributed by atoms with E-state index in [2.05, 4.69) is 0 Å². The second kappa shape index (κ2) is 8.93. The van der Waals surface area contributed by atoms with E-state index in [9.17, 15) is 27.2 Å². The molecule has 0 radical (unpaired) electrons. The highest BCUT2D eigenvalue weighted by Gasteiger charge is 2.41. The fourth-order valence-electron chi connectivity index (χ4n) is 3.31. The van der Waals surface area contributed by atoms with Gasteiger partial charge in [-0.15, -0.1) is 0 Å². The zero-order valence-corrected chi connectivity index (χ0v) is 16.3. The fourth-order valence-corrected chi connectivity index (χ4v) is 3.31. The standard InChI is InChI=1S/C21H20F4N2O4/c22-16-5-7-17(8-6-16)30-13-20(11-18(26)28)12-27(9-10-31-20)19(29)14-1-3-15(4-2-14)21(23,24)25/h1-8H,9-13H2,(H2,26,28)/t20-/m1/s1. The summed E-state index contributed by atoms with van der Waals surface area (Å²) in [6.07, 6.45) is -4.75. The minimum Gasteiger partial charge on any atom is -0.490 e. The van der Waals surface area contributed by atoms with Crippen LogP contribution in [-0.2, 0) is 15.7 Å². The van der Waals surface area contributed by atoms with E-state index in [1.54, 1.807) is 0 Å². The SMILES string of the molecule is NC(=O)C[C@]1(COc2ccc(F)cc2)CN(C(=O)c2ccc(C(F)(F)F)cc2)CCO1. The molecule has 1 heterocycles. The van der Waals surface area contributed by atoms with Gasteiger partial charge in [0.15, 0.2) is 0 Å². The van der Waals surface area contributed by atoms with Gasteiger partial charge in [0.2, 0.25) is 5.91 Å². The van der Waals surface area contributed by atoms with Gasteiger partial charge in [-0.25, -0.2) is 4.39 Å². The van der Waals surface area contributed by atoms with Gasteiger partial charge in [0.05, 0.1) is 25.1 Å². The van der Waals surface area contributed by atoms with Gasteiger partial charge < -0.3 is 20.1 Å². The first-order valence-electron chi connectivity index (χ1n) is 9.35. The number of ether oxygens (including phenoxy) is 2. The lowest BCUT2D eigenvalue weighted by atomic mass is 9.97. The minimum atomic E-state index is -4.51. The molecule has 0 saturated carbocycles. The van der Waals surface area contributed by atoms with Crippen LogP contribution < -0.4 is 10.5 Å². The molecule has 1 atom stereocenters. The molecule has 1 saturated heterocycles. The molecule has 1 aliphatic rings. The Hall–Kier alpha value is -3.14. The number of halogens is 4. The van der Waals surface area contributed by atoms with Crippen LogP contribution in [0.2, 0.25) is 0 Å². The van der Waals surface area contributed by atoms with Crippen molar-refractivity contribution in [3.8, 4) is 5.75 Å². The number of hydrogen-bond donors (Lipinski definition) is 1. The number of primary amides is 1. The second-order valence-electron chi connectivity index (χ2n) is 7.22. The third-order valence-electron chi connectivity index (χ3n) is 4.81. The van der Waals surface area contributed by atoms with Crippen molar-refractivity contribution in [3.05, 3.63) is 65.5 Å². The van der Waals surface area contributed by atoms with E-state index in [0.29, 0.717) is 5.75 Å². The van der Waals surface area contributed by atoms with Gasteiger partial charge >= 0.3 is 6.18 Å². The van der Waals surface area contributed by atoms with E-state index in [0.717, 1.165) is 24.3 Å². The number of benzene rings is 2. The molecule has 3 rings (SSSR count). The summed E-state index contributed by atoms with van der Waals surface area (Å²) in [5.74, 6) is -1.29. The maximum absolute atomic E-state index is 13.1. The van der Waals surface area contributed by atoms with Crippen LogP contribution in [0.5, 0.6) is 5.75 Å². The Kier molecular flexibility index (Phi) is 6.49. The molecule has 6 nitrogen and oxygen atoms in total. The summed E-state index contributed by atoms with van der Waals surface area (Å²) in [6.45, 7) is 0.0543. The van der Waals surface area contributed by atoms with Crippen molar-refractivity contribution in [1.82, 2.24) is 4.90 Å². The number of amides is 2. The Morgan fingerprint density at radius 1 is 1.10 bits per heavy atom. The number of hydrogen-bond acceptors (Lipinski definition) is 4. The van der Waals surface area contributed by atoms with Crippen molar-refractivity contribution in [2.45, 2.75) is 18.2 Å². The first kappa shape index (κ1) is 22.5. The number of alkyl halides is 3. The lowest BCUT2D eigenvalue weighted by molar-refractivity contribution is -0.142. The summed E-state index contributed by atoms with van der Waals surface area (Å²) in [5, 5.41) is 0. The van der Waals surface area contributed by atoms with Gasteiger partial charge in [0.25, 0.3) is 5.91 Å². The Morgan fingerprint density at radius 3 is 2.32 bits per heavy atom. The van der Waals surface area contributed by atoms with E-state index < -0.39 is 35.0 Å². The average molecular weight is 440 g/mol. The zero-order chi connectivity index (χ0) is 22.6. The Labute approximate surface area is 175 Å². The largest absolute Gasteiger partial charge is 0.490 e. The third-order valence-corrected chi connectivity index (χ3v) is 4.81. The van der Waals surface area contributed by atoms with Crippen LogP contribution in [-0.4, -0.2) is 48.6 Å². The predicted octanol–water partition coefficient (Wildman–Crippen LogP) is 3.01. The number of rotatable bonds is 6. The molecule has 2 aromatic carbocycles. The number of carbonyl (C=O) groups is 2. The average Bonchev–Trinajstić information content (AvgIpc) is 2.72. The van der Waals surface area contributed by atoms with Crippen LogP contribution in [0.15, 0.2) is 48.5 Å². The predicted molar refractivity (Wildman–Crippen MR) is 102 cm³/mol. The maximum Gasteiger partial charge on any atom is 0.416 e. The van der Waals surface area contributed by atoms with Gasteiger partial charge in [-0.3, -0.25) is 9.59 Å². The second-order valence-corrected chi connectivity index (χ2v) is 7.22. The summed E-state index contributed by atoms with van der Waals surface area (Å²) >= 11 is 0. The maximum atomic E-state index is 13.1. The van der Waals surface area contributed by atoms with Gasteiger partial charge in [0, 0.05) is 12.1 Å². The van der Waals surface area contributed by atoms with Crippen molar-refractivity contribution in [1.29, 1.82) is 0 Å². The Bertz CT molecular complexity index is 932. The van der Waals surface area contributed by atoms with Gasteiger partial charge in [-0.05, 0) is 48.5 Å². The normalized spacial score (nSPS) is 19.2. The first-order chi connectivity index (χ1) is 14.6. The highest BCUT2D eigenvalue weighted by Crippen LogP contribution is 2.30. The quantitative estimate of drug-likeness (QED) is 0.701. The van der Waals surface area contributed by atoms with E-state index in [-0.39, 0.29) is 38.3 Å². The molecule has 0 bridgehead atoms. The molecule has 31 heavy (non-hydrogen) atoms. The molecular formula is C21H20F4N2O4. The van der Waals surface area contributed by atoms with Crippen LogP contribution in [0.25, 0.3) is 0 Å². The van der Waals surface area contributed by atoms with Crippen molar-refractivity contribution in [3.63, 3.8) is 0 Å². The van der Waals surface area contributed by atoms with Gasteiger partial charge in [0.1, 0.15) is 23.8 Å². The van der Waals surface area contributed by atoms with Gasteiger partial charge in [-0.2, -0.15) is 13.2 Å². The Morgan fingerprint density at radius 2 is 1.74 bits per heavy atom. The van der Waals surface area contributed by atoms with Crippen LogP contribution in [0.4, 0.5) is 17.6 Å². The summed E-state index contributed by atoms with van der Waals surface area (Å²) in [6, 6.07) is 9.10. The first-order valence-corrected chi connectivity index (χ1v) is 9.35. The molecule has 0 aromatic heterocycles. The van der Waals surface area contributed by atoms with E-state index in [4.69, 9.17) is 15.2 Å². The number of carbonyl (C=O) groups excluding carboxylic acids is 2. The monoisotopic (exact) mass is 440 g/mol. The van der Waals surface area contributed by atoms with E-state index in [1.807, 2.05) is 0 Å². The molecular weight excluding hydrogens is 420 g/mol. The smallest absolute Gasteiger partial charge is 0.416 e. The van der Waals surface area contributed by atoms with Crippen LogP contribution >= 0.6 is 0 Å². The highest BCUT2D eigenvalue weighted by atomic mass is 19.4. The molecule has 2 N–H and O–H groups in total. The summed E-state index contributed by atoms with van der Waals surface area (Å²) < 4.78 is 62.7. The minimum absolute atomic E-state index is 0.0585. The summed E-state index contributed by atoms with van der Waals surface area (Å²) in [7, 11) is 0. The number of nitrogens with zero attached hydrogens (tertiary/aromatic N) is 1. The van der Waals surface area contributed by atoms with Crippen molar-refractivity contribution >= 4 is 11.8 Å². The number of morpholine rings is 1. The van der Waals surface area contributed by atoms with Crippen LogP contribution in [0.1, 0.15) is 22.3 Å². The van der Waals surface area contributed by atoms with Crippen LogP contribution in [0.3, 0.4) is 0 Å². The lowest BCUT2D eigenvalue weighted by Crippen LogP contribution is -2.58. The molecule has 0 aliphatic carbocycles. The third kappa shape index (κ3) is 5.72. The molecule has 166 valence electrons. The zero-order valence-electron chi connectivity index (χ0n) is 16.3. The highest BCUT2D eigenvalue weighted by molar-refractivity contribution is 5.94. The fraction of sp³-hybridized carbons (Fsp3) is 0.333.